The monoisotopic (exact) mass is 644 g/mol. The molecule has 46 heavy (non-hydrogen) atoms. The molecule has 6 rings (SSSR count). The minimum Gasteiger partial charge on any atom is -0.481 e. The number of hydrogen-bond acceptors (Lipinski definition) is 2. The Morgan fingerprint density at radius 3 is 2.13 bits per heavy atom. The molecule has 2 heterocycles. The number of nitrogens with one attached hydrogen (secondary N) is 1. The van der Waals surface area contributed by atoms with E-state index in [0.717, 1.165) is 41.0 Å². The van der Waals surface area contributed by atoms with Crippen LogP contribution in [0.15, 0.2) is 54.6 Å². The number of carboxylic acids is 1. The van der Waals surface area contributed by atoms with Crippen LogP contribution >= 0.6 is 0 Å². The van der Waals surface area contributed by atoms with Crippen molar-refractivity contribution in [1.82, 2.24) is 10.2 Å². The van der Waals surface area contributed by atoms with E-state index in [9.17, 15) is 41.0 Å². The first-order chi connectivity index (χ1) is 21.6. The number of aliphatic carboxylic acids is 1. The largest absolute Gasteiger partial charge is 0.481 e. The number of benzene rings is 3. The van der Waals surface area contributed by atoms with Gasteiger partial charge in [-0.15, -0.1) is 0 Å². The highest BCUT2D eigenvalue weighted by Gasteiger charge is 2.49. The third-order valence-electron chi connectivity index (χ3n) is 9.95. The van der Waals surface area contributed by atoms with Crippen LogP contribution in [-0.4, -0.2) is 28.0 Å². The van der Waals surface area contributed by atoms with Gasteiger partial charge in [-0.05, 0) is 116 Å². The van der Waals surface area contributed by atoms with E-state index in [1.165, 1.54) is 11.0 Å². The molecule has 3 aromatic rings. The van der Waals surface area contributed by atoms with Gasteiger partial charge in [0.05, 0.1) is 35.2 Å². The number of nitrogens with zero attached hydrogens (tertiary/aromatic N) is 1. The minimum atomic E-state index is -4.63. The fourth-order valence-electron chi connectivity index (χ4n) is 7.65. The molecule has 0 bridgehead atoms. The van der Waals surface area contributed by atoms with Crippen molar-refractivity contribution in [2.75, 3.05) is 0 Å². The smallest absolute Gasteiger partial charge is 0.416 e. The Bertz CT molecular complexity index is 1680. The van der Waals surface area contributed by atoms with E-state index in [1.54, 1.807) is 13.0 Å². The van der Waals surface area contributed by atoms with Crippen molar-refractivity contribution in [1.29, 1.82) is 0 Å². The van der Waals surface area contributed by atoms with Crippen LogP contribution in [0.2, 0.25) is 0 Å². The number of fused-ring (bicyclic) bond motifs is 1. The van der Waals surface area contributed by atoms with Crippen molar-refractivity contribution in [3.63, 3.8) is 0 Å². The van der Waals surface area contributed by atoms with Crippen molar-refractivity contribution in [2.24, 2.45) is 5.92 Å². The Labute approximate surface area is 262 Å². The first-order valence-corrected chi connectivity index (χ1v) is 15.4. The summed E-state index contributed by atoms with van der Waals surface area (Å²) in [6, 6.07) is 10.6. The molecule has 3 aromatic carbocycles. The second kappa shape index (κ2) is 11.7. The molecule has 3 atom stereocenters. The lowest BCUT2D eigenvalue weighted by Crippen LogP contribution is -2.32. The van der Waals surface area contributed by atoms with E-state index in [4.69, 9.17) is 0 Å². The van der Waals surface area contributed by atoms with Gasteiger partial charge in [-0.3, -0.25) is 4.79 Å². The molecule has 0 unspecified atom stereocenters. The van der Waals surface area contributed by atoms with Gasteiger partial charge in [0.2, 0.25) is 0 Å². The number of alkyl halides is 6. The molecule has 244 valence electrons. The molecule has 11 heteroatoms. The third kappa shape index (κ3) is 5.96. The van der Waals surface area contributed by atoms with Crippen LogP contribution in [0, 0.1) is 19.8 Å². The van der Waals surface area contributed by atoms with E-state index >= 15 is 0 Å². The Hall–Kier alpha value is -4.02. The Kier molecular flexibility index (Phi) is 8.09. The number of aryl methyl sites for hydroxylation is 2. The molecule has 1 aliphatic carbocycles. The zero-order valence-electron chi connectivity index (χ0n) is 25.3. The van der Waals surface area contributed by atoms with Crippen LogP contribution in [0.4, 0.5) is 31.1 Å². The van der Waals surface area contributed by atoms with E-state index in [-0.39, 0.29) is 11.8 Å². The molecule has 5 nitrogen and oxygen atoms in total. The molecule has 2 N–H and O–H groups in total. The fourth-order valence-corrected chi connectivity index (χ4v) is 7.65. The van der Waals surface area contributed by atoms with Gasteiger partial charge in [-0.25, -0.2) is 4.79 Å². The van der Waals surface area contributed by atoms with Gasteiger partial charge in [0.25, 0.3) is 0 Å². The average molecular weight is 645 g/mol. The summed E-state index contributed by atoms with van der Waals surface area (Å²) >= 11 is 0. The number of rotatable bonds is 5. The van der Waals surface area contributed by atoms with Crippen LogP contribution in [-0.2, 0) is 17.1 Å². The summed E-state index contributed by atoms with van der Waals surface area (Å²) in [5, 5.41) is 12.2. The second-order valence-electron chi connectivity index (χ2n) is 12.9. The lowest BCUT2D eigenvalue weighted by Gasteiger charge is -2.29. The Morgan fingerprint density at radius 1 is 0.783 bits per heavy atom. The zero-order valence-corrected chi connectivity index (χ0v) is 25.3. The van der Waals surface area contributed by atoms with Crippen molar-refractivity contribution in [2.45, 2.75) is 88.8 Å². The molecule has 2 aliphatic heterocycles. The summed E-state index contributed by atoms with van der Waals surface area (Å²) in [6.07, 6.45) is -5.98. The lowest BCUT2D eigenvalue weighted by molar-refractivity contribution is -0.143. The topological polar surface area (TPSA) is 69.6 Å². The van der Waals surface area contributed by atoms with Crippen LogP contribution in [0.3, 0.4) is 0 Å². The number of urea groups is 1. The van der Waals surface area contributed by atoms with E-state index < -0.39 is 53.6 Å². The van der Waals surface area contributed by atoms with Gasteiger partial charge < -0.3 is 15.3 Å². The summed E-state index contributed by atoms with van der Waals surface area (Å²) in [5.41, 5.74) is 2.47. The molecule has 2 saturated heterocycles. The normalized spacial score (nSPS) is 25.0. The predicted molar refractivity (Wildman–Crippen MR) is 159 cm³/mol. The van der Waals surface area contributed by atoms with Gasteiger partial charge in [0.1, 0.15) is 0 Å². The second-order valence-corrected chi connectivity index (χ2v) is 12.9. The van der Waals surface area contributed by atoms with Crippen LogP contribution < -0.4 is 5.32 Å². The average Bonchev–Trinajstić information content (AvgIpc) is 3.57. The molecule has 3 fully saturated rings. The molecule has 3 aliphatic rings. The summed E-state index contributed by atoms with van der Waals surface area (Å²) in [5.74, 6) is -1.07. The fraction of sp³-hybridized carbons (Fsp3) is 0.429. The van der Waals surface area contributed by atoms with Gasteiger partial charge in [0, 0.05) is 0 Å². The van der Waals surface area contributed by atoms with Crippen molar-refractivity contribution in [3.8, 4) is 11.1 Å². The summed E-state index contributed by atoms with van der Waals surface area (Å²) in [6.45, 7) is 3.42. The molecular weight excluding hydrogens is 610 g/mol. The van der Waals surface area contributed by atoms with Gasteiger partial charge >= 0.3 is 24.4 Å². The Morgan fingerprint density at radius 2 is 1.48 bits per heavy atom. The summed E-state index contributed by atoms with van der Waals surface area (Å²) < 4.78 is 83.0. The van der Waals surface area contributed by atoms with Gasteiger partial charge in [0.15, 0.2) is 0 Å². The number of carboxylic acid groups (broad SMARTS) is 1. The minimum absolute atomic E-state index is 0.116. The van der Waals surface area contributed by atoms with Crippen molar-refractivity contribution >= 4 is 12.0 Å². The first kappa shape index (κ1) is 31.9. The summed E-state index contributed by atoms with van der Waals surface area (Å²) in [4.78, 5) is 26.4. The molecule has 0 radical (unpaired) electrons. The molecule has 0 spiro atoms. The lowest BCUT2D eigenvalue weighted by atomic mass is 9.77. The van der Waals surface area contributed by atoms with Crippen LogP contribution in [0.25, 0.3) is 11.1 Å². The van der Waals surface area contributed by atoms with Crippen molar-refractivity contribution < 1.29 is 41.0 Å². The van der Waals surface area contributed by atoms with Crippen LogP contribution in [0.5, 0.6) is 0 Å². The maximum atomic E-state index is 14.0. The third-order valence-corrected chi connectivity index (χ3v) is 9.95. The van der Waals surface area contributed by atoms with E-state index in [1.807, 2.05) is 25.1 Å². The highest BCUT2D eigenvalue weighted by atomic mass is 19.4. The molecule has 1 saturated carbocycles. The van der Waals surface area contributed by atoms with E-state index in [0.29, 0.717) is 60.8 Å². The number of carbonyl (C=O) groups excluding carboxylic acids is 1. The highest BCUT2D eigenvalue weighted by Crippen LogP contribution is 2.49. The number of amides is 2. The standard InChI is InChI=1S/C35H34F6N2O3/c1-18-13-23(15-25(14-18)35(39,40)41)31-30-12-11-29(43(30)33(46)42-31)28-17-24(34(36,37)38)9-10-26(28)27-16-22(4-3-19(27)2)20-5-7-21(8-6-20)32(44)45/h3-4,9-10,13-17,20-21,29-31H,5-8,11-12H2,1-2H3,(H,42,46)(H,44,45)/t20?,21?,29-,30-,31+/m0/s1. The van der Waals surface area contributed by atoms with Crippen molar-refractivity contribution in [3.05, 3.63) is 93.5 Å². The van der Waals surface area contributed by atoms with Gasteiger partial charge in [-0.2, -0.15) is 26.3 Å². The Balaban J connectivity index is 1.38. The summed E-state index contributed by atoms with van der Waals surface area (Å²) in [7, 11) is 0. The number of halogens is 6. The highest BCUT2D eigenvalue weighted by molar-refractivity contribution is 5.81. The first-order valence-electron chi connectivity index (χ1n) is 15.4. The number of hydrogen-bond donors (Lipinski definition) is 2. The SMILES string of the molecule is Cc1cc([C@H]2NC(=O)N3[C@H](c4cc(C(F)(F)F)ccc4-c4cc(C5CCC(C(=O)O)CC5)ccc4C)CC[C@@H]23)cc(C(F)(F)F)c1. The molecule has 0 aromatic heterocycles. The van der Waals surface area contributed by atoms with Gasteiger partial charge in [-0.1, -0.05) is 35.9 Å². The van der Waals surface area contributed by atoms with Crippen LogP contribution in [0.1, 0.15) is 95.5 Å². The van der Waals surface area contributed by atoms with E-state index in [2.05, 4.69) is 5.32 Å². The maximum absolute atomic E-state index is 14.0. The predicted octanol–water partition coefficient (Wildman–Crippen LogP) is 9.34. The quantitative estimate of drug-likeness (QED) is 0.272. The zero-order chi connectivity index (χ0) is 33.1. The molecule has 2 amide bonds. The maximum Gasteiger partial charge on any atom is 0.416 e. The number of carbonyl (C=O) groups is 2. The molecular formula is C35H34F6N2O3.